The lowest BCUT2D eigenvalue weighted by Gasteiger charge is -2.29. The summed E-state index contributed by atoms with van der Waals surface area (Å²) in [4.78, 5) is 9.66. The molecule has 1 aliphatic heterocycles. The predicted octanol–water partition coefficient (Wildman–Crippen LogP) is 6.16. The molecule has 0 fully saturated rings. The SMILES string of the molecule is COc1ccc(Cc2nc3c4c(ncn3n2)Oc2ccc3ccccc3c2[C@H]4c2ccccc2)cc1. The molecule has 0 unspecified atom stereocenters. The van der Waals surface area contributed by atoms with Crippen LogP contribution in [-0.4, -0.2) is 26.7 Å². The van der Waals surface area contributed by atoms with Gasteiger partial charge in [0.05, 0.1) is 12.7 Å². The van der Waals surface area contributed by atoms with Gasteiger partial charge in [-0.15, -0.1) is 5.10 Å². The Morgan fingerprint density at radius 1 is 0.861 bits per heavy atom. The van der Waals surface area contributed by atoms with Gasteiger partial charge in [0.2, 0.25) is 5.88 Å². The fourth-order valence-electron chi connectivity index (χ4n) is 5.13. The highest BCUT2D eigenvalue weighted by atomic mass is 16.5. The highest BCUT2D eigenvalue weighted by molar-refractivity contribution is 5.90. The number of fused-ring (bicyclic) bond motifs is 6. The van der Waals surface area contributed by atoms with Gasteiger partial charge < -0.3 is 9.47 Å². The molecular formula is C30H22N4O2. The first-order valence-electron chi connectivity index (χ1n) is 11.9. The molecule has 4 aromatic carbocycles. The van der Waals surface area contributed by atoms with Crippen molar-refractivity contribution in [3.05, 3.63) is 125 Å². The van der Waals surface area contributed by atoms with Gasteiger partial charge >= 0.3 is 0 Å². The molecule has 0 aliphatic carbocycles. The molecule has 0 spiro atoms. The van der Waals surface area contributed by atoms with Crippen molar-refractivity contribution in [1.82, 2.24) is 19.6 Å². The van der Waals surface area contributed by atoms with Crippen LogP contribution in [0.1, 0.15) is 34.0 Å². The zero-order chi connectivity index (χ0) is 24.1. The molecular weight excluding hydrogens is 448 g/mol. The zero-order valence-electron chi connectivity index (χ0n) is 19.6. The van der Waals surface area contributed by atoms with E-state index in [1.165, 1.54) is 5.39 Å². The van der Waals surface area contributed by atoms with E-state index < -0.39 is 0 Å². The Labute approximate surface area is 207 Å². The zero-order valence-corrected chi connectivity index (χ0v) is 19.6. The molecule has 0 saturated carbocycles. The summed E-state index contributed by atoms with van der Waals surface area (Å²) in [6.45, 7) is 0. The van der Waals surface area contributed by atoms with Crippen LogP contribution in [0.5, 0.6) is 17.4 Å². The van der Waals surface area contributed by atoms with Crippen LogP contribution < -0.4 is 9.47 Å². The molecule has 6 heteroatoms. The number of methoxy groups -OCH3 is 1. The van der Waals surface area contributed by atoms with Crippen LogP contribution in [0.4, 0.5) is 0 Å². The van der Waals surface area contributed by atoms with Crippen LogP contribution in [-0.2, 0) is 6.42 Å². The lowest BCUT2D eigenvalue weighted by molar-refractivity contribution is 0.414. The molecule has 6 nitrogen and oxygen atoms in total. The number of nitrogens with zero attached hydrogens (tertiary/aromatic N) is 4. The van der Waals surface area contributed by atoms with Crippen molar-refractivity contribution in [3.63, 3.8) is 0 Å². The maximum Gasteiger partial charge on any atom is 0.228 e. The predicted molar refractivity (Wildman–Crippen MR) is 138 cm³/mol. The largest absolute Gasteiger partial charge is 0.497 e. The summed E-state index contributed by atoms with van der Waals surface area (Å²) in [7, 11) is 1.67. The summed E-state index contributed by atoms with van der Waals surface area (Å²) in [6, 6.07) is 31.1. The summed E-state index contributed by atoms with van der Waals surface area (Å²) in [5.41, 5.74) is 5.09. The topological polar surface area (TPSA) is 61.5 Å². The molecule has 174 valence electrons. The Morgan fingerprint density at radius 2 is 1.67 bits per heavy atom. The van der Waals surface area contributed by atoms with Crippen LogP contribution in [0.15, 0.2) is 97.3 Å². The van der Waals surface area contributed by atoms with Gasteiger partial charge in [0.25, 0.3) is 0 Å². The highest BCUT2D eigenvalue weighted by Crippen LogP contribution is 2.50. The summed E-state index contributed by atoms with van der Waals surface area (Å²) in [6.07, 6.45) is 2.30. The van der Waals surface area contributed by atoms with Crippen molar-refractivity contribution < 1.29 is 9.47 Å². The molecule has 1 atom stereocenters. The van der Waals surface area contributed by atoms with E-state index in [1.807, 2.05) is 36.4 Å². The molecule has 0 bridgehead atoms. The number of hydrogen-bond acceptors (Lipinski definition) is 5. The number of ether oxygens (including phenoxy) is 2. The average molecular weight is 471 g/mol. The summed E-state index contributed by atoms with van der Waals surface area (Å²) in [5, 5.41) is 7.09. The van der Waals surface area contributed by atoms with E-state index >= 15 is 0 Å². The van der Waals surface area contributed by atoms with Crippen molar-refractivity contribution in [2.24, 2.45) is 0 Å². The second kappa shape index (κ2) is 8.20. The van der Waals surface area contributed by atoms with Crippen LogP contribution in [0.25, 0.3) is 16.4 Å². The molecule has 0 radical (unpaired) electrons. The summed E-state index contributed by atoms with van der Waals surface area (Å²) >= 11 is 0. The van der Waals surface area contributed by atoms with Gasteiger partial charge in [0.15, 0.2) is 11.5 Å². The molecule has 1 aliphatic rings. The number of rotatable bonds is 4. The van der Waals surface area contributed by atoms with E-state index in [1.54, 1.807) is 18.0 Å². The Morgan fingerprint density at radius 3 is 2.50 bits per heavy atom. The van der Waals surface area contributed by atoms with E-state index in [4.69, 9.17) is 19.6 Å². The van der Waals surface area contributed by atoms with Crippen LogP contribution in [0.3, 0.4) is 0 Å². The summed E-state index contributed by atoms with van der Waals surface area (Å²) in [5.74, 6) is 2.86. The van der Waals surface area contributed by atoms with Gasteiger partial charge in [-0.2, -0.15) is 0 Å². The fourth-order valence-corrected chi connectivity index (χ4v) is 5.13. The number of aromatic nitrogens is 4. The maximum absolute atomic E-state index is 6.39. The van der Waals surface area contributed by atoms with Crippen molar-refractivity contribution in [3.8, 4) is 17.4 Å². The first-order chi connectivity index (χ1) is 17.8. The van der Waals surface area contributed by atoms with Gasteiger partial charge in [-0.1, -0.05) is 72.8 Å². The third kappa shape index (κ3) is 3.30. The third-order valence-electron chi connectivity index (χ3n) is 6.80. The molecule has 2 aromatic heterocycles. The first-order valence-corrected chi connectivity index (χ1v) is 11.9. The van der Waals surface area contributed by atoms with E-state index in [2.05, 4.69) is 59.6 Å². The normalized spacial score (nSPS) is 14.3. The molecule has 6 aromatic rings. The van der Waals surface area contributed by atoms with Crippen molar-refractivity contribution in [1.29, 1.82) is 0 Å². The van der Waals surface area contributed by atoms with Crippen LogP contribution in [0.2, 0.25) is 0 Å². The maximum atomic E-state index is 6.39. The number of hydrogen-bond donors (Lipinski definition) is 0. The Hall–Kier alpha value is -4.71. The van der Waals surface area contributed by atoms with E-state index in [-0.39, 0.29) is 5.92 Å². The highest BCUT2D eigenvalue weighted by Gasteiger charge is 2.34. The molecule has 0 amide bonds. The standard InChI is InChI=1S/C30H22N4O2/c1-35-22-14-11-19(12-15-22)17-25-32-29-28-26(21-8-3-2-4-9-21)27-23-10-6-5-7-20(23)13-16-24(27)36-30(28)31-18-34(29)33-25/h2-16,18,26H,17H2,1H3/t26-/m1/s1. The second-order valence-corrected chi connectivity index (χ2v) is 8.93. The van der Waals surface area contributed by atoms with Crippen LogP contribution >= 0.6 is 0 Å². The second-order valence-electron chi connectivity index (χ2n) is 8.93. The molecule has 0 N–H and O–H groups in total. The lowest BCUT2D eigenvalue weighted by Crippen LogP contribution is -2.15. The van der Waals surface area contributed by atoms with Crippen molar-refractivity contribution >= 4 is 16.4 Å². The van der Waals surface area contributed by atoms with Crippen molar-refractivity contribution in [2.75, 3.05) is 7.11 Å². The molecule has 0 saturated heterocycles. The molecule has 36 heavy (non-hydrogen) atoms. The molecule has 3 heterocycles. The summed E-state index contributed by atoms with van der Waals surface area (Å²) < 4.78 is 13.4. The minimum absolute atomic E-state index is 0.0923. The lowest BCUT2D eigenvalue weighted by atomic mass is 9.81. The van der Waals surface area contributed by atoms with Gasteiger partial charge in [0, 0.05) is 17.9 Å². The van der Waals surface area contributed by atoms with Crippen molar-refractivity contribution in [2.45, 2.75) is 12.3 Å². The Bertz CT molecular complexity index is 1730. The number of benzene rings is 4. The van der Waals surface area contributed by atoms with Gasteiger partial charge in [-0.3, -0.25) is 0 Å². The quantitative estimate of drug-likeness (QED) is 0.308. The Kier molecular flexibility index (Phi) is 4.70. The third-order valence-corrected chi connectivity index (χ3v) is 6.80. The Balaban J connectivity index is 1.43. The van der Waals surface area contributed by atoms with Gasteiger partial charge in [-0.05, 0) is 40.1 Å². The van der Waals surface area contributed by atoms with Gasteiger partial charge in [-0.25, -0.2) is 14.5 Å². The monoisotopic (exact) mass is 470 g/mol. The van der Waals surface area contributed by atoms with E-state index in [0.29, 0.717) is 12.3 Å². The van der Waals surface area contributed by atoms with E-state index in [0.717, 1.165) is 50.6 Å². The van der Waals surface area contributed by atoms with Crippen LogP contribution in [0, 0.1) is 0 Å². The minimum atomic E-state index is -0.0923. The smallest absolute Gasteiger partial charge is 0.228 e. The minimum Gasteiger partial charge on any atom is -0.497 e. The fraction of sp³-hybridized carbons (Fsp3) is 0.100. The first kappa shape index (κ1) is 20.6. The average Bonchev–Trinajstić information content (AvgIpc) is 3.35. The van der Waals surface area contributed by atoms with Gasteiger partial charge in [0.1, 0.15) is 17.8 Å². The van der Waals surface area contributed by atoms with E-state index in [9.17, 15) is 0 Å². The molecule has 7 rings (SSSR count).